The van der Waals surface area contributed by atoms with Crippen molar-refractivity contribution >= 4 is 27.3 Å². The SMILES string of the molecule is CS(=O)(=O)CCSCc1cc(N)cc(F)c1. The second-order valence-corrected chi connectivity index (χ2v) is 6.94. The Bertz CT molecular complexity index is 440. The molecule has 0 heterocycles. The summed E-state index contributed by atoms with van der Waals surface area (Å²) in [6.07, 6.45) is 1.20. The van der Waals surface area contributed by atoms with Crippen LogP contribution in [0.25, 0.3) is 0 Å². The molecule has 0 aliphatic rings. The van der Waals surface area contributed by atoms with E-state index in [4.69, 9.17) is 5.73 Å². The molecule has 0 saturated carbocycles. The van der Waals surface area contributed by atoms with Gasteiger partial charge >= 0.3 is 0 Å². The first-order chi connectivity index (χ1) is 7.37. The van der Waals surface area contributed by atoms with Crippen molar-refractivity contribution < 1.29 is 12.8 Å². The van der Waals surface area contributed by atoms with E-state index in [1.165, 1.54) is 30.2 Å². The first-order valence-electron chi connectivity index (χ1n) is 4.67. The minimum atomic E-state index is -2.91. The normalized spacial score (nSPS) is 11.6. The summed E-state index contributed by atoms with van der Waals surface area (Å²) < 4.78 is 34.7. The molecule has 16 heavy (non-hydrogen) atoms. The molecular formula is C10H14FNO2S2. The highest BCUT2D eigenvalue weighted by Gasteiger charge is 2.03. The van der Waals surface area contributed by atoms with Crippen LogP contribution in [0.5, 0.6) is 0 Å². The van der Waals surface area contributed by atoms with Crippen LogP contribution in [0.3, 0.4) is 0 Å². The lowest BCUT2D eigenvalue weighted by Gasteiger charge is -2.03. The van der Waals surface area contributed by atoms with E-state index < -0.39 is 9.84 Å². The number of nitrogens with two attached hydrogens (primary N) is 1. The Kier molecular flexibility index (Phi) is 4.61. The maximum absolute atomic E-state index is 12.9. The predicted octanol–water partition coefficient (Wildman–Crippen LogP) is 1.69. The molecule has 3 nitrogen and oxygen atoms in total. The van der Waals surface area contributed by atoms with Gasteiger partial charge in [-0.25, -0.2) is 12.8 Å². The Hall–Kier alpha value is -0.750. The highest BCUT2D eigenvalue weighted by atomic mass is 32.2. The lowest BCUT2D eigenvalue weighted by Crippen LogP contribution is -2.05. The first kappa shape index (κ1) is 13.3. The maximum Gasteiger partial charge on any atom is 0.148 e. The van der Waals surface area contributed by atoms with Gasteiger partial charge in [0.2, 0.25) is 0 Å². The van der Waals surface area contributed by atoms with Gasteiger partial charge in [-0.3, -0.25) is 0 Å². The summed E-state index contributed by atoms with van der Waals surface area (Å²) in [5.74, 6) is 0.855. The summed E-state index contributed by atoms with van der Waals surface area (Å²) in [4.78, 5) is 0. The lowest BCUT2D eigenvalue weighted by molar-refractivity contribution is 0.603. The molecule has 0 amide bonds. The van der Waals surface area contributed by atoms with Crippen molar-refractivity contribution in [3.8, 4) is 0 Å². The highest BCUT2D eigenvalue weighted by molar-refractivity contribution is 7.99. The minimum Gasteiger partial charge on any atom is -0.399 e. The molecule has 0 bridgehead atoms. The molecule has 1 rings (SSSR count). The molecule has 0 radical (unpaired) electrons. The van der Waals surface area contributed by atoms with Crippen molar-refractivity contribution in [2.45, 2.75) is 5.75 Å². The zero-order valence-electron chi connectivity index (χ0n) is 8.94. The Balaban J connectivity index is 2.43. The average Bonchev–Trinajstić information content (AvgIpc) is 2.09. The number of anilines is 1. The summed E-state index contributed by atoms with van der Waals surface area (Å²) in [5.41, 5.74) is 6.65. The molecular weight excluding hydrogens is 249 g/mol. The molecule has 0 unspecified atom stereocenters. The van der Waals surface area contributed by atoms with Crippen LogP contribution in [-0.4, -0.2) is 26.2 Å². The number of rotatable bonds is 5. The van der Waals surface area contributed by atoms with Gasteiger partial charge in [0.25, 0.3) is 0 Å². The molecule has 1 aromatic rings. The van der Waals surface area contributed by atoms with Crippen LogP contribution in [0.1, 0.15) is 5.56 Å². The molecule has 0 aromatic heterocycles. The van der Waals surface area contributed by atoms with E-state index in [1.54, 1.807) is 6.07 Å². The van der Waals surface area contributed by atoms with Gasteiger partial charge in [-0.1, -0.05) is 0 Å². The number of halogens is 1. The Morgan fingerprint density at radius 2 is 2.06 bits per heavy atom. The smallest absolute Gasteiger partial charge is 0.148 e. The molecule has 2 N–H and O–H groups in total. The molecule has 0 saturated heterocycles. The molecule has 1 aromatic carbocycles. The standard InChI is InChI=1S/C10H14FNO2S2/c1-16(13,14)3-2-15-7-8-4-9(11)6-10(12)5-8/h4-6H,2-3,7,12H2,1H3. The monoisotopic (exact) mass is 263 g/mol. The maximum atomic E-state index is 12.9. The fourth-order valence-electron chi connectivity index (χ4n) is 1.16. The van der Waals surface area contributed by atoms with E-state index in [1.807, 2.05) is 0 Å². The third kappa shape index (κ3) is 5.37. The van der Waals surface area contributed by atoms with Crippen molar-refractivity contribution in [3.63, 3.8) is 0 Å². The van der Waals surface area contributed by atoms with Gasteiger partial charge in [0, 0.05) is 23.4 Å². The van der Waals surface area contributed by atoms with Gasteiger partial charge in [0.15, 0.2) is 0 Å². The topological polar surface area (TPSA) is 60.2 Å². The van der Waals surface area contributed by atoms with Crippen LogP contribution in [-0.2, 0) is 15.6 Å². The van der Waals surface area contributed by atoms with E-state index >= 15 is 0 Å². The third-order valence-corrected chi connectivity index (χ3v) is 4.08. The Labute approximate surface area is 99.1 Å². The summed E-state index contributed by atoms with van der Waals surface area (Å²) in [5, 5.41) is 0. The number of sulfone groups is 1. The molecule has 0 atom stereocenters. The molecule has 6 heteroatoms. The third-order valence-electron chi connectivity index (χ3n) is 1.85. The van der Waals surface area contributed by atoms with Gasteiger partial charge in [-0.05, 0) is 23.8 Å². The second kappa shape index (κ2) is 5.54. The molecule has 90 valence electrons. The first-order valence-corrected chi connectivity index (χ1v) is 7.89. The summed E-state index contributed by atoms with van der Waals surface area (Å²) in [7, 11) is -2.91. The number of hydrogen-bond donors (Lipinski definition) is 1. The van der Waals surface area contributed by atoms with Crippen LogP contribution in [0.2, 0.25) is 0 Å². The van der Waals surface area contributed by atoms with Crippen LogP contribution < -0.4 is 5.73 Å². The molecule has 0 aliphatic carbocycles. The summed E-state index contributed by atoms with van der Waals surface area (Å²) in [6.45, 7) is 0. The lowest BCUT2D eigenvalue weighted by atomic mass is 10.2. The van der Waals surface area contributed by atoms with E-state index in [0.717, 1.165) is 5.56 Å². The molecule has 0 aliphatic heterocycles. The van der Waals surface area contributed by atoms with E-state index in [0.29, 0.717) is 17.2 Å². The van der Waals surface area contributed by atoms with Crippen LogP contribution in [0, 0.1) is 5.82 Å². The van der Waals surface area contributed by atoms with Gasteiger partial charge in [-0.2, -0.15) is 11.8 Å². The van der Waals surface area contributed by atoms with Crippen LogP contribution in [0.4, 0.5) is 10.1 Å². The predicted molar refractivity (Wildman–Crippen MR) is 66.7 cm³/mol. The van der Waals surface area contributed by atoms with E-state index in [-0.39, 0.29) is 11.6 Å². The van der Waals surface area contributed by atoms with Gasteiger partial charge in [-0.15, -0.1) is 0 Å². The van der Waals surface area contributed by atoms with Crippen LogP contribution in [0.15, 0.2) is 18.2 Å². The van der Waals surface area contributed by atoms with Crippen molar-refractivity contribution in [2.24, 2.45) is 0 Å². The summed E-state index contributed by atoms with van der Waals surface area (Å²) in [6, 6.07) is 4.35. The molecule has 0 fully saturated rings. The van der Waals surface area contributed by atoms with E-state index in [9.17, 15) is 12.8 Å². The van der Waals surface area contributed by atoms with Crippen LogP contribution >= 0.6 is 11.8 Å². The average molecular weight is 263 g/mol. The Morgan fingerprint density at radius 3 is 2.62 bits per heavy atom. The van der Waals surface area contributed by atoms with Crippen molar-refractivity contribution in [3.05, 3.63) is 29.6 Å². The fourth-order valence-corrected chi connectivity index (χ4v) is 3.39. The number of thioether (sulfide) groups is 1. The van der Waals surface area contributed by atoms with Crippen molar-refractivity contribution in [2.75, 3.05) is 23.5 Å². The minimum absolute atomic E-state index is 0.141. The zero-order chi connectivity index (χ0) is 12.2. The highest BCUT2D eigenvalue weighted by Crippen LogP contribution is 2.17. The zero-order valence-corrected chi connectivity index (χ0v) is 10.6. The number of benzene rings is 1. The molecule has 0 spiro atoms. The van der Waals surface area contributed by atoms with Gasteiger partial charge < -0.3 is 5.73 Å². The summed E-state index contributed by atoms with van der Waals surface area (Å²) >= 11 is 1.45. The quantitative estimate of drug-likeness (QED) is 0.648. The van der Waals surface area contributed by atoms with Gasteiger partial charge in [0.05, 0.1) is 5.75 Å². The van der Waals surface area contributed by atoms with Crippen molar-refractivity contribution in [1.29, 1.82) is 0 Å². The number of hydrogen-bond acceptors (Lipinski definition) is 4. The largest absolute Gasteiger partial charge is 0.399 e. The van der Waals surface area contributed by atoms with Gasteiger partial charge in [0.1, 0.15) is 15.7 Å². The Morgan fingerprint density at radius 1 is 1.38 bits per heavy atom. The number of nitrogen functional groups attached to an aromatic ring is 1. The van der Waals surface area contributed by atoms with E-state index in [2.05, 4.69) is 0 Å². The van der Waals surface area contributed by atoms with Crippen molar-refractivity contribution in [1.82, 2.24) is 0 Å². The fraction of sp³-hybridized carbons (Fsp3) is 0.400. The second-order valence-electron chi connectivity index (χ2n) is 3.58.